The van der Waals surface area contributed by atoms with Gasteiger partial charge in [-0.15, -0.1) is 0 Å². The number of piperazine rings is 1. The van der Waals surface area contributed by atoms with Gasteiger partial charge in [0, 0.05) is 26.2 Å². The van der Waals surface area contributed by atoms with E-state index >= 15 is 0 Å². The number of nitrogens with zero attached hydrogens (tertiary/aromatic N) is 2. The minimum absolute atomic E-state index is 0.0177. The van der Waals surface area contributed by atoms with Crippen LogP contribution in [0, 0.1) is 6.92 Å². The third kappa shape index (κ3) is 3.76. The highest BCUT2D eigenvalue weighted by Crippen LogP contribution is 2.15. The number of carbonyl (C=O) groups excluding carboxylic acids is 1. The van der Waals surface area contributed by atoms with Crippen molar-refractivity contribution in [3.63, 3.8) is 0 Å². The first-order chi connectivity index (χ1) is 8.65. The van der Waals surface area contributed by atoms with Crippen LogP contribution < -0.4 is 10.6 Å². The quantitative estimate of drug-likeness (QED) is 0.818. The standard InChI is InChI=1S/C12H17BrN4O/c1-9-10(2-3-11(13)15-9)16-12(18)8-17-6-4-14-5-7-17/h2-3,14H,4-8H2,1H3,(H,16,18). The van der Waals surface area contributed by atoms with E-state index in [1.165, 1.54) is 0 Å². The summed E-state index contributed by atoms with van der Waals surface area (Å²) in [6.07, 6.45) is 0. The predicted molar refractivity (Wildman–Crippen MR) is 74.6 cm³/mol. The van der Waals surface area contributed by atoms with Crippen molar-refractivity contribution in [1.82, 2.24) is 15.2 Å². The molecule has 0 aromatic carbocycles. The molecule has 1 amide bonds. The molecule has 0 unspecified atom stereocenters. The van der Waals surface area contributed by atoms with Crippen molar-refractivity contribution in [1.29, 1.82) is 0 Å². The van der Waals surface area contributed by atoms with Crippen LogP contribution in [0.25, 0.3) is 0 Å². The third-order valence-corrected chi connectivity index (χ3v) is 3.34. The van der Waals surface area contributed by atoms with Gasteiger partial charge in [0.25, 0.3) is 0 Å². The van der Waals surface area contributed by atoms with E-state index in [4.69, 9.17) is 0 Å². The summed E-state index contributed by atoms with van der Waals surface area (Å²) in [5.41, 5.74) is 1.59. The summed E-state index contributed by atoms with van der Waals surface area (Å²) in [7, 11) is 0. The lowest BCUT2D eigenvalue weighted by Crippen LogP contribution is -2.46. The van der Waals surface area contributed by atoms with Gasteiger partial charge in [-0.05, 0) is 35.0 Å². The summed E-state index contributed by atoms with van der Waals surface area (Å²) in [4.78, 5) is 18.3. The zero-order chi connectivity index (χ0) is 13.0. The molecule has 1 fully saturated rings. The fourth-order valence-corrected chi connectivity index (χ4v) is 2.32. The molecule has 1 aromatic heterocycles. The van der Waals surface area contributed by atoms with Crippen molar-refractivity contribution in [3.05, 3.63) is 22.4 Å². The highest BCUT2D eigenvalue weighted by atomic mass is 79.9. The fraction of sp³-hybridized carbons (Fsp3) is 0.500. The number of amides is 1. The number of hydrogen-bond donors (Lipinski definition) is 2. The Kier molecular flexibility index (Phi) is 4.68. The van der Waals surface area contributed by atoms with E-state index in [9.17, 15) is 4.79 Å². The SMILES string of the molecule is Cc1nc(Br)ccc1NC(=O)CN1CCNCC1. The first kappa shape index (κ1) is 13.5. The Bertz CT molecular complexity index is 432. The van der Waals surface area contributed by atoms with Crippen LogP contribution in [0.3, 0.4) is 0 Å². The van der Waals surface area contributed by atoms with Gasteiger partial charge < -0.3 is 10.6 Å². The minimum atomic E-state index is 0.0177. The molecule has 0 saturated carbocycles. The molecule has 5 nitrogen and oxygen atoms in total. The molecule has 0 bridgehead atoms. The van der Waals surface area contributed by atoms with Gasteiger partial charge in [-0.2, -0.15) is 0 Å². The van der Waals surface area contributed by atoms with E-state index in [0.717, 1.165) is 42.2 Å². The average molecular weight is 313 g/mol. The Balaban J connectivity index is 1.90. The lowest BCUT2D eigenvalue weighted by atomic mass is 10.3. The number of nitrogens with one attached hydrogen (secondary N) is 2. The van der Waals surface area contributed by atoms with Crippen LogP contribution in [0.1, 0.15) is 5.69 Å². The number of hydrogen-bond acceptors (Lipinski definition) is 4. The number of rotatable bonds is 3. The van der Waals surface area contributed by atoms with Crippen molar-refractivity contribution < 1.29 is 4.79 Å². The Morgan fingerprint density at radius 3 is 2.89 bits per heavy atom. The second-order valence-electron chi connectivity index (χ2n) is 4.34. The van der Waals surface area contributed by atoms with Gasteiger partial charge in [-0.25, -0.2) is 4.98 Å². The topological polar surface area (TPSA) is 57.3 Å². The van der Waals surface area contributed by atoms with Crippen LogP contribution in [0.4, 0.5) is 5.69 Å². The molecule has 1 aliphatic rings. The normalized spacial score (nSPS) is 16.6. The molecule has 18 heavy (non-hydrogen) atoms. The molecule has 1 aliphatic heterocycles. The fourth-order valence-electron chi connectivity index (χ4n) is 1.92. The second kappa shape index (κ2) is 6.26. The minimum Gasteiger partial charge on any atom is -0.323 e. The van der Waals surface area contributed by atoms with Gasteiger partial charge in [0.1, 0.15) is 4.60 Å². The smallest absolute Gasteiger partial charge is 0.238 e. The summed E-state index contributed by atoms with van der Waals surface area (Å²) in [6, 6.07) is 3.69. The lowest BCUT2D eigenvalue weighted by Gasteiger charge is -2.26. The number of aryl methyl sites for hydroxylation is 1. The number of anilines is 1. The number of halogens is 1. The van der Waals surface area contributed by atoms with Crippen molar-refractivity contribution in [2.24, 2.45) is 0 Å². The molecule has 2 heterocycles. The summed E-state index contributed by atoms with van der Waals surface area (Å²) >= 11 is 3.30. The monoisotopic (exact) mass is 312 g/mol. The van der Waals surface area contributed by atoms with E-state index in [1.807, 2.05) is 19.1 Å². The number of pyridine rings is 1. The molecular formula is C12H17BrN4O. The van der Waals surface area contributed by atoms with Crippen molar-refractivity contribution in [2.75, 3.05) is 38.0 Å². The molecule has 0 aliphatic carbocycles. The van der Waals surface area contributed by atoms with Gasteiger partial charge in [0.05, 0.1) is 17.9 Å². The molecule has 6 heteroatoms. The van der Waals surface area contributed by atoms with Gasteiger partial charge >= 0.3 is 0 Å². The van der Waals surface area contributed by atoms with E-state index < -0.39 is 0 Å². The van der Waals surface area contributed by atoms with Gasteiger partial charge in [0.15, 0.2) is 0 Å². The van der Waals surface area contributed by atoms with Crippen LogP contribution in [0.15, 0.2) is 16.7 Å². The van der Waals surface area contributed by atoms with Crippen LogP contribution in [-0.4, -0.2) is 48.5 Å². The predicted octanol–water partition coefficient (Wildman–Crippen LogP) is 0.996. The summed E-state index contributed by atoms with van der Waals surface area (Å²) < 4.78 is 0.778. The van der Waals surface area contributed by atoms with Gasteiger partial charge in [0.2, 0.25) is 5.91 Å². The van der Waals surface area contributed by atoms with E-state index in [2.05, 4.69) is 36.4 Å². The van der Waals surface area contributed by atoms with Gasteiger partial charge in [-0.3, -0.25) is 9.69 Å². The molecule has 1 aromatic rings. The van der Waals surface area contributed by atoms with E-state index in [-0.39, 0.29) is 5.91 Å². The van der Waals surface area contributed by atoms with Crippen molar-refractivity contribution in [2.45, 2.75) is 6.92 Å². The maximum Gasteiger partial charge on any atom is 0.238 e. The van der Waals surface area contributed by atoms with Crippen molar-refractivity contribution >= 4 is 27.5 Å². The first-order valence-corrected chi connectivity index (χ1v) is 6.80. The first-order valence-electron chi connectivity index (χ1n) is 6.01. The maximum atomic E-state index is 11.9. The Morgan fingerprint density at radius 1 is 1.50 bits per heavy atom. The summed E-state index contributed by atoms with van der Waals surface area (Å²) in [6.45, 7) is 6.07. The molecule has 0 spiro atoms. The Morgan fingerprint density at radius 2 is 2.22 bits per heavy atom. The van der Waals surface area contributed by atoms with E-state index in [1.54, 1.807) is 0 Å². The Hall–Kier alpha value is -0.980. The van der Waals surface area contributed by atoms with Crippen LogP contribution in [0.2, 0.25) is 0 Å². The molecule has 0 radical (unpaired) electrons. The number of aromatic nitrogens is 1. The summed E-state index contributed by atoms with van der Waals surface area (Å²) in [5.74, 6) is 0.0177. The Labute approximate surface area is 115 Å². The third-order valence-electron chi connectivity index (χ3n) is 2.90. The molecule has 0 atom stereocenters. The second-order valence-corrected chi connectivity index (χ2v) is 5.15. The van der Waals surface area contributed by atoms with Crippen molar-refractivity contribution in [3.8, 4) is 0 Å². The number of carbonyl (C=O) groups is 1. The van der Waals surface area contributed by atoms with Crippen LogP contribution in [-0.2, 0) is 4.79 Å². The zero-order valence-electron chi connectivity index (χ0n) is 10.4. The zero-order valence-corrected chi connectivity index (χ0v) is 12.0. The summed E-state index contributed by atoms with van der Waals surface area (Å²) in [5, 5.41) is 6.16. The largest absolute Gasteiger partial charge is 0.323 e. The molecular weight excluding hydrogens is 296 g/mol. The maximum absolute atomic E-state index is 11.9. The molecule has 98 valence electrons. The highest BCUT2D eigenvalue weighted by Gasteiger charge is 2.14. The molecule has 1 saturated heterocycles. The highest BCUT2D eigenvalue weighted by molar-refractivity contribution is 9.10. The average Bonchev–Trinajstić information content (AvgIpc) is 2.34. The van der Waals surface area contributed by atoms with Crippen LogP contribution >= 0.6 is 15.9 Å². The molecule has 2 N–H and O–H groups in total. The van der Waals surface area contributed by atoms with E-state index in [0.29, 0.717) is 6.54 Å². The van der Waals surface area contributed by atoms with Crippen LogP contribution in [0.5, 0.6) is 0 Å². The lowest BCUT2D eigenvalue weighted by molar-refractivity contribution is -0.117. The molecule has 2 rings (SSSR count). The van der Waals surface area contributed by atoms with Gasteiger partial charge in [-0.1, -0.05) is 0 Å².